The Kier molecular flexibility index (Phi) is 7.15. The second-order valence-electron chi connectivity index (χ2n) is 4.58. The highest BCUT2D eigenvalue weighted by Gasteiger charge is 2.13. The van der Waals surface area contributed by atoms with Crippen LogP contribution in [-0.4, -0.2) is 39.6 Å². The van der Waals surface area contributed by atoms with Crippen LogP contribution < -0.4 is 16.0 Å². The Labute approximate surface area is 140 Å². The fourth-order valence-electron chi connectivity index (χ4n) is 1.81. The van der Waals surface area contributed by atoms with E-state index in [0.717, 1.165) is 6.42 Å². The number of carbonyl (C=O) groups is 2. The lowest BCUT2D eigenvalue weighted by molar-refractivity contribution is 0.0937. The largest absolute Gasteiger partial charge is 0.344 e. The van der Waals surface area contributed by atoms with Crippen LogP contribution >= 0.6 is 0 Å². The van der Waals surface area contributed by atoms with Gasteiger partial charge < -0.3 is 10.6 Å². The van der Waals surface area contributed by atoms with Gasteiger partial charge in [0.2, 0.25) is 0 Å². The molecule has 0 aliphatic heterocycles. The van der Waals surface area contributed by atoms with Crippen LogP contribution in [0, 0.1) is 0 Å². The maximum atomic E-state index is 12.1. The summed E-state index contributed by atoms with van der Waals surface area (Å²) in [5, 5.41) is 12.0. The molecular weight excluding hydrogens is 308 g/mol. The van der Waals surface area contributed by atoms with Gasteiger partial charge in [0.1, 0.15) is 5.69 Å². The third-order valence-electron chi connectivity index (χ3n) is 3.06. The van der Waals surface area contributed by atoms with Crippen LogP contribution in [0.4, 0.5) is 10.6 Å². The van der Waals surface area contributed by atoms with Crippen molar-refractivity contribution in [3.63, 3.8) is 0 Å². The Morgan fingerprint density at radius 2 is 2.08 bits per heavy atom. The number of imidazole rings is 1. The maximum absolute atomic E-state index is 12.1. The number of anilines is 1. The summed E-state index contributed by atoms with van der Waals surface area (Å²) >= 11 is 0. The van der Waals surface area contributed by atoms with E-state index in [1.807, 2.05) is 6.92 Å². The molecule has 2 aromatic rings. The van der Waals surface area contributed by atoms with Crippen LogP contribution in [0.25, 0.3) is 5.65 Å². The molecule has 24 heavy (non-hydrogen) atoms. The molecule has 2 rings (SSSR count). The Morgan fingerprint density at radius 3 is 2.67 bits per heavy atom. The van der Waals surface area contributed by atoms with Crippen LogP contribution in [0.15, 0.2) is 44.1 Å². The lowest BCUT2D eigenvalue weighted by Crippen LogP contribution is -2.33. The second kappa shape index (κ2) is 9.09. The minimum absolute atomic E-state index is 0.0988. The topological polar surface area (TPSA) is 100 Å². The van der Waals surface area contributed by atoms with Gasteiger partial charge in [0.15, 0.2) is 11.5 Å². The summed E-state index contributed by atoms with van der Waals surface area (Å²) in [6, 6.07) is 2.76. The third kappa shape index (κ3) is 4.67. The number of hydrogen-bond donors (Lipinski definition) is 3. The van der Waals surface area contributed by atoms with Crippen molar-refractivity contribution in [1.82, 2.24) is 25.2 Å². The zero-order valence-corrected chi connectivity index (χ0v) is 13.9. The van der Waals surface area contributed by atoms with Gasteiger partial charge in [0.05, 0.1) is 6.20 Å². The molecule has 0 saturated heterocycles. The summed E-state index contributed by atoms with van der Waals surface area (Å²) < 4.78 is 1.44. The van der Waals surface area contributed by atoms with Crippen LogP contribution in [-0.2, 0) is 0 Å². The van der Waals surface area contributed by atoms with E-state index in [-0.39, 0.29) is 23.7 Å². The highest BCUT2D eigenvalue weighted by Crippen LogP contribution is 2.09. The summed E-state index contributed by atoms with van der Waals surface area (Å²) in [7, 11) is 1.51. The predicted molar refractivity (Wildman–Crippen MR) is 94.1 cm³/mol. The molecule has 2 heterocycles. The van der Waals surface area contributed by atoms with Crippen molar-refractivity contribution in [2.24, 2.45) is 0 Å². The van der Waals surface area contributed by atoms with Crippen LogP contribution in [0.1, 0.15) is 23.8 Å². The Bertz CT molecular complexity index is 724. The van der Waals surface area contributed by atoms with Crippen LogP contribution in [0.3, 0.4) is 0 Å². The minimum Gasteiger partial charge on any atom is -0.344 e. The van der Waals surface area contributed by atoms with Gasteiger partial charge in [-0.3, -0.25) is 10.1 Å². The first kappa shape index (κ1) is 18.9. The van der Waals surface area contributed by atoms with Crippen molar-refractivity contribution in [3.8, 4) is 0 Å². The first-order valence-corrected chi connectivity index (χ1v) is 7.36. The highest BCUT2D eigenvalue weighted by molar-refractivity contribution is 5.92. The van der Waals surface area contributed by atoms with Crippen molar-refractivity contribution < 1.29 is 9.59 Å². The number of nitrogens with one attached hydrogen (secondary N) is 3. The molecule has 0 aliphatic rings. The Morgan fingerprint density at radius 1 is 1.38 bits per heavy atom. The number of fused-ring (bicyclic) bond motifs is 1. The van der Waals surface area contributed by atoms with Crippen molar-refractivity contribution >= 4 is 23.4 Å². The lowest BCUT2D eigenvalue weighted by Gasteiger charge is -2.11. The summed E-state index contributed by atoms with van der Waals surface area (Å²) in [4.78, 5) is 27.5. The van der Waals surface area contributed by atoms with Gasteiger partial charge in [0, 0.05) is 13.1 Å². The molecule has 8 heteroatoms. The number of aromatic nitrogens is 3. The van der Waals surface area contributed by atoms with Crippen LogP contribution in [0.5, 0.6) is 0 Å². The summed E-state index contributed by atoms with van der Waals surface area (Å²) in [5.41, 5.74) is 0.787. The summed E-state index contributed by atoms with van der Waals surface area (Å²) in [6.45, 7) is 11.6. The predicted octanol–water partition coefficient (Wildman–Crippen LogP) is 1.98. The molecule has 0 bridgehead atoms. The SMILES string of the molecule is C=C.C=CC(CC)NC(=O)c1ccc2nc(NC(=O)NC)cn2n1. The van der Waals surface area contributed by atoms with E-state index in [2.05, 4.69) is 45.8 Å². The van der Waals surface area contributed by atoms with Gasteiger partial charge >= 0.3 is 6.03 Å². The van der Waals surface area contributed by atoms with E-state index in [9.17, 15) is 9.59 Å². The standard InChI is InChI=1S/C14H18N6O2.C2H4/c1-4-9(5-2)16-13(21)10-6-7-12-17-11(8-20(12)19-10)18-14(22)15-3;1-2/h4,6-9H,1,5H2,2-3H3,(H,16,21)(H2,15,18,22);1-2H2. The van der Waals surface area contributed by atoms with Crippen molar-refractivity contribution in [1.29, 1.82) is 0 Å². The number of hydrogen-bond acceptors (Lipinski definition) is 4. The lowest BCUT2D eigenvalue weighted by atomic mass is 10.2. The monoisotopic (exact) mass is 330 g/mol. The van der Waals surface area contributed by atoms with E-state index in [1.54, 1.807) is 18.2 Å². The first-order valence-electron chi connectivity index (χ1n) is 7.36. The molecule has 0 fully saturated rings. The van der Waals surface area contributed by atoms with E-state index in [4.69, 9.17) is 0 Å². The van der Waals surface area contributed by atoms with E-state index in [0.29, 0.717) is 11.5 Å². The number of amides is 3. The summed E-state index contributed by atoms with van der Waals surface area (Å²) in [5.74, 6) is 0.0603. The molecule has 1 unspecified atom stereocenters. The van der Waals surface area contributed by atoms with Crippen molar-refractivity contribution in [3.05, 3.63) is 49.8 Å². The molecule has 128 valence electrons. The number of urea groups is 1. The van der Waals surface area contributed by atoms with E-state index in [1.165, 1.54) is 17.8 Å². The molecule has 8 nitrogen and oxygen atoms in total. The fraction of sp³-hybridized carbons (Fsp3) is 0.250. The molecule has 0 saturated carbocycles. The molecule has 3 amide bonds. The average molecular weight is 330 g/mol. The quantitative estimate of drug-likeness (QED) is 0.730. The molecule has 0 aromatic carbocycles. The fourth-order valence-corrected chi connectivity index (χ4v) is 1.81. The molecule has 2 aromatic heterocycles. The molecular formula is C16H22N6O2. The zero-order chi connectivity index (χ0) is 18.1. The Balaban J connectivity index is 0.00000139. The van der Waals surface area contributed by atoms with Gasteiger partial charge in [-0.05, 0) is 18.6 Å². The number of nitrogens with zero attached hydrogens (tertiary/aromatic N) is 3. The van der Waals surface area contributed by atoms with E-state index < -0.39 is 0 Å². The molecule has 1 atom stereocenters. The molecule has 0 aliphatic carbocycles. The first-order chi connectivity index (χ1) is 11.6. The minimum atomic E-state index is -0.377. The molecule has 0 radical (unpaired) electrons. The smallest absolute Gasteiger partial charge is 0.320 e. The van der Waals surface area contributed by atoms with Gasteiger partial charge in [-0.1, -0.05) is 13.0 Å². The maximum Gasteiger partial charge on any atom is 0.320 e. The van der Waals surface area contributed by atoms with Gasteiger partial charge in [-0.25, -0.2) is 14.3 Å². The van der Waals surface area contributed by atoms with Crippen molar-refractivity contribution in [2.75, 3.05) is 12.4 Å². The number of rotatable bonds is 5. The van der Waals surface area contributed by atoms with Crippen LogP contribution in [0.2, 0.25) is 0 Å². The average Bonchev–Trinajstić information content (AvgIpc) is 3.02. The molecule has 0 spiro atoms. The van der Waals surface area contributed by atoms with Gasteiger partial charge in [-0.2, -0.15) is 5.10 Å². The second-order valence-corrected chi connectivity index (χ2v) is 4.58. The van der Waals surface area contributed by atoms with Gasteiger partial charge in [0.25, 0.3) is 5.91 Å². The third-order valence-corrected chi connectivity index (χ3v) is 3.06. The zero-order valence-electron chi connectivity index (χ0n) is 13.9. The van der Waals surface area contributed by atoms with E-state index >= 15 is 0 Å². The normalized spacial score (nSPS) is 10.9. The van der Waals surface area contributed by atoms with Gasteiger partial charge in [-0.15, -0.1) is 19.7 Å². The highest BCUT2D eigenvalue weighted by atomic mass is 16.2. The molecule has 3 N–H and O–H groups in total. The summed E-state index contributed by atoms with van der Waals surface area (Å²) in [6.07, 6.45) is 3.97. The van der Waals surface area contributed by atoms with Crippen molar-refractivity contribution in [2.45, 2.75) is 19.4 Å². The number of carbonyl (C=O) groups excluding carboxylic acids is 2. The Hall–Kier alpha value is -3.16.